The van der Waals surface area contributed by atoms with Crippen LogP contribution in [0.5, 0.6) is 0 Å². The zero-order chi connectivity index (χ0) is 17.6. The highest BCUT2D eigenvalue weighted by Gasteiger charge is 2.25. The second-order valence-electron chi connectivity index (χ2n) is 6.84. The third kappa shape index (κ3) is 4.73. The molecule has 0 aliphatic carbocycles. The number of likely N-dealkylation sites (tertiary alicyclic amines) is 1. The number of nitrogens with zero attached hydrogens (tertiary/aromatic N) is 3. The van der Waals surface area contributed by atoms with E-state index in [1.165, 1.54) is 12.8 Å². The van der Waals surface area contributed by atoms with E-state index in [1.54, 1.807) is 12.1 Å². The summed E-state index contributed by atoms with van der Waals surface area (Å²) in [6.07, 6.45) is 4.69. The number of benzene rings is 1. The Morgan fingerprint density at radius 1 is 0.840 bits per heavy atom. The van der Waals surface area contributed by atoms with Crippen LogP contribution in [-0.4, -0.2) is 72.3 Å². The van der Waals surface area contributed by atoms with Crippen molar-refractivity contribution in [2.45, 2.75) is 25.7 Å². The molecule has 0 N–H and O–H groups in total. The van der Waals surface area contributed by atoms with Crippen molar-refractivity contribution < 1.29 is 9.59 Å². The van der Waals surface area contributed by atoms with Crippen LogP contribution in [0, 0.1) is 0 Å². The summed E-state index contributed by atoms with van der Waals surface area (Å²) < 4.78 is 0. The smallest absolute Gasteiger partial charge is 0.255 e. The molecule has 3 rings (SSSR count). The Labute approximate surface area is 154 Å². The summed E-state index contributed by atoms with van der Waals surface area (Å²) in [6.45, 7) is 4.99. The van der Waals surface area contributed by atoms with E-state index in [2.05, 4.69) is 4.90 Å². The number of hydrogen-bond donors (Lipinski definition) is 0. The number of hydrogen-bond acceptors (Lipinski definition) is 3. The monoisotopic (exact) mass is 363 g/mol. The van der Waals surface area contributed by atoms with Gasteiger partial charge in [0.15, 0.2) is 0 Å². The van der Waals surface area contributed by atoms with Crippen LogP contribution in [0.25, 0.3) is 0 Å². The van der Waals surface area contributed by atoms with Crippen molar-refractivity contribution in [1.82, 2.24) is 14.7 Å². The summed E-state index contributed by atoms with van der Waals surface area (Å²) in [5.74, 6) is 0.205. The Bertz CT molecular complexity index is 606. The van der Waals surface area contributed by atoms with Gasteiger partial charge in [0.1, 0.15) is 0 Å². The van der Waals surface area contributed by atoms with E-state index in [0.29, 0.717) is 30.2 Å². The van der Waals surface area contributed by atoms with E-state index in [4.69, 9.17) is 11.6 Å². The molecule has 0 radical (unpaired) electrons. The molecule has 2 aliphatic heterocycles. The van der Waals surface area contributed by atoms with E-state index < -0.39 is 0 Å². The topological polar surface area (TPSA) is 43.9 Å². The lowest BCUT2D eigenvalue weighted by atomic mass is 10.2. The molecule has 0 unspecified atom stereocenters. The number of carbonyl (C=O) groups excluding carboxylic acids is 2. The van der Waals surface area contributed by atoms with Crippen molar-refractivity contribution >= 4 is 23.4 Å². The maximum atomic E-state index is 12.6. The van der Waals surface area contributed by atoms with Crippen LogP contribution in [0.1, 0.15) is 36.0 Å². The fourth-order valence-corrected chi connectivity index (χ4v) is 3.74. The van der Waals surface area contributed by atoms with Crippen molar-refractivity contribution in [3.63, 3.8) is 0 Å². The predicted octanol–water partition coefficient (Wildman–Crippen LogP) is 2.50. The highest BCUT2D eigenvalue weighted by molar-refractivity contribution is 6.33. The normalized spacial score (nSPS) is 19.6. The molecule has 0 aromatic heterocycles. The third-order valence-corrected chi connectivity index (χ3v) is 5.41. The van der Waals surface area contributed by atoms with Crippen molar-refractivity contribution in [3.05, 3.63) is 34.9 Å². The van der Waals surface area contributed by atoms with E-state index >= 15 is 0 Å². The highest BCUT2D eigenvalue weighted by Crippen LogP contribution is 2.18. The molecule has 2 heterocycles. The largest absolute Gasteiger partial charge is 0.342 e. The standard InChI is InChI=1S/C19H26ClN3O2/c20-17-8-4-3-7-16(17)19(25)23-13-11-21(12-14-23)15-18(24)22-9-5-1-2-6-10-22/h3-4,7-8H,1-2,5-6,9-15H2. The molecule has 0 saturated carbocycles. The quantitative estimate of drug-likeness (QED) is 0.828. The number of carbonyl (C=O) groups is 2. The van der Waals surface area contributed by atoms with Crippen LogP contribution < -0.4 is 0 Å². The fourth-order valence-electron chi connectivity index (χ4n) is 3.53. The average Bonchev–Trinajstić information content (AvgIpc) is 2.92. The van der Waals surface area contributed by atoms with Gasteiger partial charge < -0.3 is 9.80 Å². The van der Waals surface area contributed by atoms with Crippen LogP contribution >= 0.6 is 11.6 Å². The summed E-state index contributed by atoms with van der Waals surface area (Å²) in [5.41, 5.74) is 0.554. The van der Waals surface area contributed by atoms with Crippen LogP contribution in [0.3, 0.4) is 0 Å². The first-order valence-corrected chi connectivity index (χ1v) is 9.57. The number of rotatable bonds is 3. The Morgan fingerprint density at radius 3 is 2.12 bits per heavy atom. The second-order valence-corrected chi connectivity index (χ2v) is 7.25. The summed E-state index contributed by atoms with van der Waals surface area (Å²) in [4.78, 5) is 31.1. The zero-order valence-electron chi connectivity index (χ0n) is 14.6. The van der Waals surface area contributed by atoms with Crippen molar-refractivity contribution in [2.75, 3.05) is 45.8 Å². The van der Waals surface area contributed by atoms with Gasteiger partial charge in [-0.15, -0.1) is 0 Å². The lowest BCUT2D eigenvalue weighted by molar-refractivity contribution is -0.132. The Hall–Kier alpha value is -1.59. The van der Waals surface area contributed by atoms with Gasteiger partial charge >= 0.3 is 0 Å². The molecule has 1 aromatic carbocycles. The summed E-state index contributed by atoms with van der Waals surface area (Å²) in [6, 6.07) is 7.16. The lowest BCUT2D eigenvalue weighted by Crippen LogP contribution is -2.51. The third-order valence-electron chi connectivity index (χ3n) is 5.08. The molecule has 25 heavy (non-hydrogen) atoms. The van der Waals surface area contributed by atoms with Gasteiger partial charge in [0.05, 0.1) is 17.1 Å². The van der Waals surface area contributed by atoms with Crippen molar-refractivity contribution in [1.29, 1.82) is 0 Å². The molecule has 1 aromatic rings. The fraction of sp³-hybridized carbons (Fsp3) is 0.579. The van der Waals surface area contributed by atoms with Crippen LogP contribution in [0.4, 0.5) is 0 Å². The maximum absolute atomic E-state index is 12.6. The SMILES string of the molecule is O=C(CN1CCN(C(=O)c2ccccc2Cl)CC1)N1CCCCCC1. The minimum absolute atomic E-state index is 0.0240. The molecular formula is C19H26ClN3O2. The molecule has 5 nitrogen and oxygen atoms in total. The van der Waals surface area contributed by atoms with Gasteiger partial charge in [-0.25, -0.2) is 0 Å². The van der Waals surface area contributed by atoms with Gasteiger partial charge in [-0.05, 0) is 25.0 Å². The first-order valence-electron chi connectivity index (χ1n) is 9.19. The highest BCUT2D eigenvalue weighted by atomic mass is 35.5. The van der Waals surface area contributed by atoms with Gasteiger partial charge in [-0.3, -0.25) is 14.5 Å². The molecule has 136 valence electrons. The Kier molecular flexibility index (Phi) is 6.32. The molecule has 0 bridgehead atoms. The van der Waals surface area contributed by atoms with E-state index in [0.717, 1.165) is 39.0 Å². The molecule has 2 aliphatic rings. The average molecular weight is 364 g/mol. The number of piperazine rings is 1. The molecule has 2 amide bonds. The van der Waals surface area contributed by atoms with E-state index in [9.17, 15) is 9.59 Å². The minimum atomic E-state index is -0.0240. The van der Waals surface area contributed by atoms with Gasteiger partial charge in [-0.1, -0.05) is 36.6 Å². The number of halogens is 1. The van der Waals surface area contributed by atoms with Crippen molar-refractivity contribution in [3.8, 4) is 0 Å². The molecular weight excluding hydrogens is 338 g/mol. The molecule has 2 fully saturated rings. The van der Waals surface area contributed by atoms with Gasteiger partial charge in [0.25, 0.3) is 5.91 Å². The van der Waals surface area contributed by atoms with Gasteiger partial charge in [0, 0.05) is 39.3 Å². The van der Waals surface area contributed by atoms with Crippen LogP contribution in [-0.2, 0) is 4.79 Å². The van der Waals surface area contributed by atoms with Crippen molar-refractivity contribution in [2.24, 2.45) is 0 Å². The van der Waals surface area contributed by atoms with Crippen LogP contribution in [0.2, 0.25) is 5.02 Å². The van der Waals surface area contributed by atoms with Gasteiger partial charge in [0.2, 0.25) is 5.91 Å². The first kappa shape index (κ1) is 18.2. The van der Waals surface area contributed by atoms with E-state index in [-0.39, 0.29) is 11.8 Å². The number of amides is 2. The Balaban J connectivity index is 1.49. The summed E-state index contributed by atoms with van der Waals surface area (Å²) in [5, 5.41) is 0.492. The molecule has 0 atom stereocenters. The molecule has 0 spiro atoms. The Morgan fingerprint density at radius 2 is 1.48 bits per heavy atom. The lowest BCUT2D eigenvalue weighted by Gasteiger charge is -2.35. The summed E-state index contributed by atoms with van der Waals surface area (Å²) in [7, 11) is 0. The van der Waals surface area contributed by atoms with E-state index in [1.807, 2.05) is 21.9 Å². The second kappa shape index (κ2) is 8.68. The van der Waals surface area contributed by atoms with Crippen LogP contribution in [0.15, 0.2) is 24.3 Å². The maximum Gasteiger partial charge on any atom is 0.255 e. The molecule has 2 saturated heterocycles. The predicted molar refractivity (Wildman–Crippen MR) is 98.8 cm³/mol. The van der Waals surface area contributed by atoms with Gasteiger partial charge in [-0.2, -0.15) is 0 Å². The zero-order valence-corrected chi connectivity index (χ0v) is 15.4. The first-order chi connectivity index (χ1) is 12.1. The molecule has 6 heteroatoms. The summed E-state index contributed by atoms with van der Waals surface area (Å²) >= 11 is 6.13. The minimum Gasteiger partial charge on any atom is -0.342 e.